The van der Waals surface area contributed by atoms with E-state index in [0.717, 1.165) is 70.7 Å². The molecule has 0 spiro atoms. The summed E-state index contributed by atoms with van der Waals surface area (Å²) in [5.74, 6) is -7.10. The quantitative estimate of drug-likeness (QED) is 0.125. The number of amides is 2. The molecule has 2 aliphatic heterocycles. The number of nitrogens with one attached hydrogen (secondary N) is 2. The van der Waals surface area contributed by atoms with E-state index >= 15 is 0 Å². The van der Waals surface area contributed by atoms with Gasteiger partial charge in [-0.3, -0.25) is 38.4 Å². The number of hydrogen-bond acceptors (Lipinski definition) is 21. The van der Waals surface area contributed by atoms with Crippen molar-refractivity contribution >= 4 is 71.1 Å². The molecule has 0 bridgehead atoms. The van der Waals surface area contributed by atoms with Crippen molar-refractivity contribution in [3.05, 3.63) is 88.4 Å². The Morgan fingerprint density at radius 1 is 0.547 bits per heavy atom. The number of ether oxygens (including phenoxy) is 12. The van der Waals surface area contributed by atoms with Crippen molar-refractivity contribution in [2.24, 2.45) is 0 Å². The number of anilines is 1. The van der Waals surface area contributed by atoms with Gasteiger partial charge in [-0.15, -0.1) is 0 Å². The van der Waals surface area contributed by atoms with Crippen LogP contribution >= 0.6 is 11.6 Å². The van der Waals surface area contributed by atoms with Crippen LogP contribution in [0.5, 0.6) is 0 Å². The van der Waals surface area contributed by atoms with E-state index in [1.54, 1.807) is 0 Å². The van der Waals surface area contributed by atoms with Crippen LogP contribution in [0.1, 0.15) is 78.0 Å². The molecule has 2 saturated heterocycles. The summed E-state index contributed by atoms with van der Waals surface area (Å²) in [6, 6.07) is 19.0. The number of benzene rings is 3. The molecular weight excluding hydrogens is 1010 g/mol. The Morgan fingerprint density at radius 2 is 1.01 bits per heavy atom. The zero-order valence-electron chi connectivity index (χ0n) is 42.1. The Labute approximate surface area is 435 Å². The van der Waals surface area contributed by atoms with Gasteiger partial charge in [-0.2, -0.15) is 0 Å². The van der Waals surface area contributed by atoms with Crippen LogP contribution in [0.2, 0.25) is 5.02 Å². The number of halogens is 1. The largest absolute Gasteiger partial charge is 0.463 e. The second-order valence-corrected chi connectivity index (χ2v) is 17.9. The fourth-order valence-corrected chi connectivity index (χ4v) is 8.83. The van der Waals surface area contributed by atoms with Crippen molar-refractivity contribution in [2.75, 3.05) is 25.1 Å². The SMILES string of the molecule is CC(=O)OC[C@H]1O[C@H](O[C@H]2[C@H](OC(C)=O)[C@@H](OC(C)=O)[C@H](OCc3ccc(Cl)c(NC(=O)[C@H](C)NC(=O)OCC4c5ccccc5-c5ccccc54)c3)O[C@@H]2COC(C)=O)[C@H](OC(C)=O)[C@@H](OC(C)=O)[C@@H]1OC(C)=O. The van der Waals surface area contributed by atoms with Gasteiger partial charge in [-0.1, -0.05) is 66.2 Å². The van der Waals surface area contributed by atoms with E-state index in [2.05, 4.69) is 10.6 Å². The van der Waals surface area contributed by atoms with Crippen LogP contribution < -0.4 is 10.6 Å². The van der Waals surface area contributed by atoms with Gasteiger partial charge in [0, 0.05) is 54.4 Å². The summed E-state index contributed by atoms with van der Waals surface area (Å²) >= 11 is 6.51. The van der Waals surface area contributed by atoms with Gasteiger partial charge in [-0.25, -0.2) is 4.79 Å². The molecule has 2 N–H and O–H groups in total. The molecule has 6 rings (SSSR count). The Bertz CT molecular complexity index is 2580. The smallest absolute Gasteiger partial charge is 0.407 e. The zero-order chi connectivity index (χ0) is 54.7. The summed E-state index contributed by atoms with van der Waals surface area (Å²) in [7, 11) is 0. The molecule has 0 saturated carbocycles. The molecule has 1 aliphatic carbocycles. The number of rotatable bonds is 19. The fraction of sp³-hybridized carbons (Fsp3) is 0.471. The first-order valence-corrected chi connectivity index (χ1v) is 23.9. The highest BCUT2D eigenvalue weighted by atomic mass is 35.5. The third kappa shape index (κ3) is 15.2. The van der Waals surface area contributed by atoms with E-state index in [1.807, 2.05) is 48.5 Å². The van der Waals surface area contributed by atoms with Gasteiger partial charge in [0.2, 0.25) is 5.91 Å². The summed E-state index contributed by atoms with van der Waals surface area (Å²) < 4.78 is 69.0. The van der Waals surface area contributed by atoms with Gasteiger partial charge in [0.15, 0.2) is 43.1 Å². The lowest BCUT2D eigenvalue weighted by Gasteiger charge is -2.48. The van der Waals surface area contributed by atoms with Gasteiger partial charge in [-0.05, 0) is 46.9 Å². The van der Waals surface area contributed by atoms with Gasteiger partial charge >= 0.3 is 47.9 Å². The summed E-state index contributed by atoms with van der Waals surface area (Å²) in [6.45, 7) is 7.14. The molecule has 0 aromatic heterocycles. The molecule has 0 unspecified atom stereocenters. The maximum atomic E-state index is 13.4. The third-order valence-electron chi connectivity index (χ3n) is 11.7. The molecule has 2 fully saturated rings. The number of carbonyl (C=O) groups is 9. The van der Waals surface area contributed by atoms with E-state index in [1.165, 1.54) is 25.1 Å². The fourth-order valence-electron chi connectivity index (χ4n) is 8.67. The molecule has 75 heavy (non-hydrogen) atoms. The standard InChI is InChI=1S/C51H57ClN2O21/c1-24(53-51(63)67-21-37-35-15-11-9-13-33(35)34-14-10-12-16-36(34)37)48(62)54-39-19-32(17-18-38(39)52)20-66-49-46(71-30(7)60)45(70-29(6)59)43(41(73-49)23-65-26(3)56)75-50-47(72-31(8)61)44(69-28(5)58)42(68-27(4)57)40(74-50)22-64-25(2)55/h9-19,24,37,40-47,49-50H,20-23H2,1-8H3,(H,53,63)(H,54,62)/t24-,40+,41+,42+,43+,44-,45-,46+,47+,49+,50+/m0/s1. The minimum atomic E-state index is -1.88. The summed E-state index contributed by atoms with van der Waals surface area (Å²) in [5.41, 5.74) is 4.59. The Kier molecular flexibility index (Phi) is 19.7. The van der Waals surface area contributed by atoms with Crippen LogP contribution in [0.25, 0.3) is 11.1 Å². The lowest BCUT2D eigenvalue weighted by Crippen LogP contribution is -2.67. The van der Waals surface area contributed by atoms with Crippen LogP contribution in [-0.2, 0) is 102 Å². The van der Waals surface area contributed by atoms with Crippen molar-refractivity contribution < 1.29 is 100.0 Å². The van der Waals surface area contributed by atoms with E-state index in [9.17, 15) is 43.2 Å². The average molecular weight is 1070 g/mol. The topological polar surface area (TPSA) is 288 Å². The van der Waals surface area contributed by atoms with E-state index in [4.69, 9.17) is 68.4 Å². The molecule has 3 aliphatic rings. The van der Waals surface area contributed by atoms with Crippen molar-refractivity contribution in [1.29, 1.82) is 0 Å². The Hall–Kier alpha value is -7.18. The normalized spacial score (nSPS) is 24.1. The van der Waals surface area contributed by atoms with Gasteiger partial charge in [0.25, 0.3) is 0 Å². The number of alkyl carbamates (subject to hydrolysis) is 1. The van der Waals surface area contributed by atoms with E-state index < -0.39 is 134 Å². The van der Waals surface area contributed by atoms with Crippen LogP contribution in [-0.4, -0.2) is 141 Å². The summed E-state index contributed by atoms with van der Waals surface area (Å²) in [6.07, 6.45) is -17.5. The molecule has 24 heteroatoms. The predicted octanol–water partition coefficient (Wildman–Crippen LogP) is 4.34. The average Bonchev–Trinajstić information content (AvgIpc) is 3.65. The second-order valence-electron chi connectivity index (χ2n) is 17.5. The van der Waals surface area contributed by atoms with Gasteiger partial charge in [0.1, 0.15) is 44.2 Å². The van der Waals surface area contributed by atoms with Crippen molar-refractivity contribution in [1.82, 2.24) is 5.32 Å². The first kappa shape index (κ1) is 57.1. The molecule has 2 amide bonds. The third-order valence-corrected chi connectivity index (χ3v) is 12.0. The van der Waals surface area contributed by atoms with Crippen molar-refractivity contribution in [3.63, 3.8) is 0 Å². The van der Waals surface area contributed by atoms with Crippen LogP contribution in [0.15, 0.2) is 66.7 Å². The minimum Gasteiger partial charge on any atom is -0.463 e. The van der Waals surface area contributed by atoms with Crippen LogP contribution in [0, 0.1) is 0 Å². The second kappa shape index (κ2) is 25.9. The van der Waals surface area contributed by atoms with E-state index in [0.29, 0.717) is 5.56 Å². The molecular formula is C51H57ClN2O21. The number of hydrogen-bond donors (Lipinski definition) is 2. The maximum absolute atomic E-state index is 13.4. The molecule has 404 valence electrons. The first-order valence-electron chi connectivity index (χ1n) is 23.5. The Morgan fingerprint density at radius 3 is 1.55 bits per heavy atom. The molecule has 3 aromatic carbocycles. The molecule has 0 radical (unpaired) electrons. The molecule has 11 atom stereocenters. The van der Waals surface area contributed by atoms with Crippen molar-refractivity contribution in [2.45, 2.75) is 135 Å². The van der Waals surface area contributed by atoms with E-state index in [-0.39, 0.29) is 29.8 Å². The highest BCUT2D eigenvalue weighted by Crippen LogP contribution is 2.44. The molecule has 2 heterocycles. The molecule has 23 nitrogen and oxygen atoms in total. The maximum Gasteiger partial charge on any atom is 0.407 e. The predicted molar refractivity (Wildman–Crippen MR) is 256 cm³/mol. The monoisotopic (exact) mass is 1070 g/mol. The minimum absolute atomic E-state index is 0.0211. The summed E-state index contributed by atoms with van der Waals surface area (Å²) in [5, 5.41) is 5.32. The molecule has 3 aromatic rings. The number of carbonyl (C=O) groups excluding carboxylic acids is 9. The number of esters is 7. The van der Waals surface area contributed by atoms with Gasteiger partial charge in [0.05, 0.1) is 17.3 Å². The first-order chi connectivity index (χ1) is 35.6. The van der Waals surface area contributed by atoms with Crippen molar-refractivity contribution in [3.8, 4) is 11.1 Å². The van der Waals surface area contributed by atoms with Crippen LogP contribution in [0.4, 0.5) is 10.5 Å². The zero-order valence-corrected chi connectivity index (χ0v) is 42.8. The summed E-state index contributed by atoms with van der Waals surface area (Å²) in [4.78, 5) is 114. The highest BCUT2D eigenvalue weighted by Gasteiger charge is 2.57. The van der Waals surface area contributed by atoms with Crippen LogP contribution in [0.3, 0.4) is 0 Å². The van der Waals surface area contributed by atoms with Gasteiger partial charge < -0.3 is 67.5 Å². The highest BCUT2D eigenvalue weighted by molar-refractivity contribution is 6.33. The lowest BCUT2D eigenvalue weighted by molar-refractivity contribution is -0.362. The lowest BCUT2D eigenvalue weighted by atomic mass is 9.96. The Balaban J connectivity index is 1.21. The number of fused-ring (bicyclic) bond motifs is 3.